The van der Waals surface area contributed by atoms with Gasteiger partial charge < -0.3 is 4.74 Å². The van der Waals surface area contributed by atoms with Gasteiger partial charge in [0.1, 0.15) is 6.54 Å². The topological polar surface area (TPSA) is 63.7 Å². The molecule has 2 aromatic carbocycles. The number of sulfonamides is 1. The summed E-state index contributed by atoms with van der Waals surface area (Å²) >= 11 is 15.3. The number of nitrogens with zero attached hydrogens (tertiary/aromatic N) is 1. The molecule has 0 saturated heterocycles. The Hall–Kier alpha value is -1.28. The molecule has 0 heterocycles. The zero-order chi connectivity index (χ0) is 18.6. The molecule has 0 aliphatic rings. The summed E-state index contributed by atoms with van der Waals surface area (Å²) in [6, 6.07) is 10.4. The van der Waals surface area contributed by atoms with Gasteiger partial charge in [-0.2, -0.15) is 0 Å². The molecule has 0 saturated carbocycles. The lowest BCUT2D eigenvalue weighted by Gasteiger charge is -2.24. The minimum absolute atomic E-state index is 0.0195. The van der Waals surface area contributed by atoms with Gasteiger partial charge in [-0.3, -0.25) is 9.10 Å². The van der Waals surface area contributed by atoms with Crippen LogP contribution >= 0.6 is 39.1 Å². The fourth-order valence-electron chi connectivity index (χ4n) is 2.04. The van der Waals surface area contributed by atoms with Crippen LogP contribution in [0.5, 0.6) is 0 Å². The fourth-order valence-corrected chi connectivity index (χ4v) is 4.29. The molecule has 0 bridgehead atoms. The molecule has 0 amide bonds. The molecule has 0 spiro atoms. The molecule has 0 aromatic heterocycles. The molecule has 0 aliphatic carbocycles. The van der Waals surface area contributed by atoms with Crippen molar-refractivity contribution in [3.8, 4) is 0 Å². The summed E-state index contributed by atoms with van der Waals surface area (Å²) in [6.07, 6.45) is 0. The van der Waals surface area contributed by atoms with Crippen molar-refractivity contribution in [1.82, 2.24) is 0 Å². The van der Waals surface area contributed by atoms with E-state index in [4.69, 9.17) is 27.9 Å². The van der Waals surface area contributed by atoms with E-state index in [9.17, 15) is 13.2 Å². The fraction of sp³-hybridized carbons (Fsp3) is 0.188. The average molecular weight is 467 g/mol. The van der Waals surface area contributed by atoms with Gasteiger partial charge in [0.2, 0.25) is 0 Å². The third-order valence-electron chi connectivity index (χ3n) is 3.16. The van der Waals surface area contributed by atoms with E-state index in [1.54, 1.807) is 19.1 Å². The number of hydrogen-bond acceptors (Lipinski definition) is 4. The van der Waals surface area contributed by atoms with E-state index in [0.717, 1.165) is 8.78 Å². The zero-order valence-corrected chi connectivity index (χ0v) is 17.0. The minimum Gasteiger partial charge on any atom is -0.465 e. The van der Waals surface area contributed by atoms with Crippen LogP contribution < -0.4 is 4.31 Å². The summed E-state index contributed by atoms with van der Waals surface area (Å²) in [5.41, 5.74) is 0.141. The van der Waals surface area contributed by atoms with Crippen LogP contribution in [0.15, 0.2) is 51.8 Å². The highest BCUT2D eigenvalue weighted by Crippen LogP contribution is 2.32. The molecule has 9 heteroatoms. The number of rotatable bonds is 6. The maximum Gasteiger partial charge on any atom is 0.326 e. The first-order chi connectivity index (χ1) is 11.8. The van der Waals surface area contributed by atoms with Crippen LogP contribution in [0.1, 0.15) is 6.92 Å². The first-order valence-electron chi connectivity index (χ1n) is 7.14. The van der Waals surface area contributed by atoms with Crippen molar-refractivity contribution >= 4 is 60.8 Å². The van der Waals surface area contributed by atoms with Gasteiger partial charge in [0.05, 0.1) is 22.2 Å². The van der Waals surface area contributed by atoms with Crippen molar-refractivity contribution < 1.29 is 17.9 Å². The molecule has 2 rings (SSSR count). The second-order valence-corrected chi connectivity index (χ2v) is 8.49. The molecule has 0 radical (unpaired) electrons. The van der Waals surface area contributed by atoms with Crippen molar-refractivity contribution in [2.75, 3.05) is 17.5 Å². The Morgan fingerprint density at radius 1 is 1.16 bits per heavy atom. The van der Waals surface area contributed by atoms with Crippen LogP contribution in [0.3, 0.4) is 0 Å². The largest absolute Gasteiger partial charge is 0.465 e. The van der Waals surface area contributed by atoms with Crippen LogP contribution in [-0.4, -0.2) is 27.5 Å². The number of hydrogen-bond donors (Lipinski definition) is 0. The first-order valence-corrected chi connectivity index (χ1v) is 10.1. The number of ether oxygens (including phenoxy) is 1. The van der Waals surface area contributed by atoms with Gasteiger partial charge in [0, 0.05) is 9.50 Å². The highest BCUT2D eigenvalue weighted by Gasteiger charge is 2.29. The average Bonchev–Trinajstić information content (AvgIpc) is 2.54. The van der Waals surface area contributed by atoms with Gasteiger partial charge in [-0.05, 0) is 49.4 Å². The zero-order valence-electron chi connectivity index (χ0n) is 13.1. The van der Waals surface area contributed by atoms with Crippen LogP contribution in [-0.2, 0) is 19.6 Å². The normalized spacial score (nSPS) is 11.2. The highest BCUT2D eigenvalue weighted by molar-refractivity contribution is 9.10. The predicted molar refractivity (Wildman–Crippen MR) is 102 cm³/mol. The Bertz CT molecular complexity index is 872. The van der Waals surface area contributed by atoms with E-state index >= 15 is 0 Å². The van der Waals surface area contributed by atoms with Crippen LogP contribution in [0.25, 0.3) is 0 Å². The van der Waals surface area contributed by atoms with Crippen molar-refractivity contribution in [3.05, 3.63) is 57.0 Å². The van der Waals surface area contributed by atoms with Gasteiger partial charge in [-0.25, -0.2) is 8.42 Å². The lowest BCUT2D eigenvalue weighted by atomic mass is 10.3. The molecule has 5 nitrogen and oxygen atoms in total. The number of halogens is 3. The van der Waals surface area contributed by atoms with E-state index < -0.39 is 22.5 Å². The van der Waals surface area contributed by atoms with Crippen molar-refractivity contribution in [3.63, 3.8) is 0 Å². The summed E-state index contributed by atoms with van der Waals surface area (Å²) in [4.78, 5) is 12.0. The third kappa shape index (κ3) is 4.88. The molecule has 0 aliphatic heterocycles. The second kappa shape index (κ2) is 8.40. The number of benzene rings is 2. The Kier molecular flexibility index (Phi) is 6.73. The van der Waals surface area contributed by atoms with Crippen LogP contribution in [0, 0.1) is 0 Å². The Morgan fingerprint density at radius 2 is 1.80 bits per heavy atom. The highest BCUT2D eigenvalue weighted by atomic mass is 79.9. The minimum atomic E-state index is -4.04. The second-order valence-electron chi connectivity index (χ2n) is 4.87. The Labute approximate surface area is 164 Å². The predicted octanol–water partition coefficient (Wildman–Crippen LogP) is 4.51. The standard InChI is InChI=1S/C16H14BrCl2NO4S/c1-2-24-16(21)10-20(15-8-5-12(18)9-14(15)19)25(22,23)13-6-3-11(17)4-7-13/h3-9H,2,10H2,1H3. The van der Waals surface area contributed by atoms with E-state index in [1.807, 2.05) is 0 Å². The summed E-state index contributed by atoms with van der Waals surface area (Å²) in [6.45, 7) is 1.27. The molecule has 2 aromatic rings. The molecular formula is C16H14BrCl2NO4S. The molecule has 0 unspecified atom stereocenters. The van der Waals surface area contributed by atoms with Crippen molar-refractivity contribution in [1.29, 1.82) is 0 Å². The molecule has 0 atom stereocenters. The van der Waals surface area contributed by atoms with Gasteiger partial charge in [-0.15, -0.1) is 0 Å². The van der Waals surface area contributed by atoms with E-state index in [1.165, 1.54) is 30.3 Å². The number of carbonyl (C=O) groups is 1. The monoisotopic (exact) mass is 465 g/mol. The van der Waals surface area contributed by atoms with E-state index in [-0.39, 0.29) is 22.2 Å². The maximum absolute atomic E-state index is 13.0. The molecule has 25 heavy (non-hydrogen) atoms. The number of esters is 1. The van der Waals surface area contributed by atoms with Crippen molar-refractivity contribution in [2.45, 2.75) is 11.8 Å². The van der Waals surface area contributed by atoms with Gasteiger partial charge in [0.15, 0.2) is 0 Å². The molecule has 0 fully saturated rings. The summed E-state index contributed by atoms with van der Waals surface area (Å²) in [7, 11) is -4.04. The number of carbonyl (C=O) groups excluding carboxylic acids is 1. The summed E-state index contributed by atoms with van der Waals surface area (Å²) in [5, 5.41) is 0.461. The maximum atomic E-state index is 13.0. The Morgan fingerprint density at radius 3 is 2.36 bits per heavy atom. The van der Waals surface area contributed by atoms with Crippen LogP contribution in [0.4, 0.5) is 5.69 Å². The lowest BCUT2D eigenvalue weighted by Crippen LogP contribution is -2.36. The summed E-state index contributed by atoms with van der Waals surface area (Å²) < 4.78 is 32.6. The quantitative estimate of drug-likeness (QED) is 0.587. The van der Waals surface area contributed by atoms with E-state index in [0.29, 0.717) is 5.02 Å². The summed E-state index contributed by atoms with van der Waals surface area (Å²) in [5.74, 6) is -0.686. The molecule has 0 N–H and O–H groups in total. The third-order valence-corrected chi connectivity index (χ3v) is 6.00. The Balaban J connectivity index is 2.53. The van der Waals surface area contributed by atoms with Gasteiger partial charge >= 0.3 is 5.97 Å². The molecular weight excluding hydrogens is 453 g/mol. The van der Waals surface area contributed by atoms with Crippen LogP contribution in [0.2, 0.25) is 10.0 Å². The molecule has 134 valence electrons. The van der Waals surface area contributed by atoms with Crippen molar-refractivity contribution in [2.24, 2.45) is 0 Å². The smallest absolute Gasteiger partial charge is 0.326 e. The van der Waals surface area contributed by atoms with Gasteiger partial charge in [0.25, 0.3) is 10.0 Å². The lowest BCUT2D eigenvalue weighted by molar-refractivity contribution is -0.141. The SMILES string of the molecule is CCOC(=O)CN(c1ccc(Cl)cc1Cl)S(=O)(=O)c1ccc(Br)cc1. The van der Waals surface area contributed by atoms with Gasteiger partial charge in [-0.1, -0.05) is 39.1 Å². The first kappa shape index (κ1) is 20.0. The van der Waals surface area contributed by atoms with E-state index in [2.05, 4.69) is 15.9 Å². The number of anilines is 1.